The molecule has 0 fully saturated rings. The van der Waals surface area contributed by atoms with Crippen molar-refractivity contribution in [3.8, 4) is 11.4 Å². The molecule has 174 valence electrons. The number of hydrogen-bond acceptors (Lipinski definition) is 5. The lowest BCUT2D eigenvalue weighted by molar-refractivity contribution is -0.115. The number of thioether (sulfide) groups is 1. The molecule has 1 amide bonds. The standard InChI is InChI=1S/C27H27N3O3S/c1-16-13-14-23(33-5)22(15-16)28-25(31)19(4)34-27-29-21-12-7-6-11-20(21)26(32)30(27)24-17(2)9-8-10-18(24)3/h6-15,19H,1-5H3,(H,28,31). The molecule has 0 aliphatic heterocycles. The van der Waals surface area contributed by atoms with Gasteiger partial charge in [-0.25, -0.2) is 4.98 Å². The highest BCUT2D eigenvalue weighted by atomic mass is 32.2. The Hall–Kier alpha value is -3.58. The Kier molecular flexibility index (Phi) is 6.75. The first-order chi connectivity index (χ1) is 16.3. The molecule has 4 rings (SSSR count). The van der Waals surface area contributed by atoms with Gasteiger partial charge >= 0.3 is 0 Å². The minimum absolute atomic E-state index is 0.154. The summed E-state index contributed by atoms with van der Waals surface area (Å²) in [7, 11) is 1.57. The maximum absolute atomic E-state index is 13.6. The number of aromatic nitrogens is 2. The van der Waals surface area contributed by atoms with E-state index < -0.39 is 5.25 Å². The number of nitrogens with zero attached hydrogens (tertiary/aromatic N) is 2. The van der Waals surface area contributed by atoms with E-state index in [1.54, 1.807) is 24.7 Å². The minimum Gasteiger partial charge on any atom is -0.495 e. The van der Waals surface area contributed by atoms with E-state index >= 15 is 0 Å². The number of aryl methyl sites for hydroxylation is 3. The van der Waals surface area contributed by atoms with Crippen LogP contribution < -0.4 is 15.6 Å². The van der Waals surface area contributed by atoms with Crippen LogP contribution in [0.15, 0.2) is 70.6 Å². The van der Waals surface area contributed by atoms with E-state index in [4.69, 9.17) is 9.72 Å². The highest BCUT2D eigenvalue weighted by molar-refractivity contribution is 8.00. The third-order valence-electron chi connectivity index (χ3n) is 5.67. The fourth-order valence-corrected chi connectivity index (χ4v) is 4.83. The second kappa shape index (κ2) is 9.73. The van der Waals surface area contributed by atoms with Crippen molar-refractivity contribution in [3.05, 3.63) is 87.7 Å². The largest absolute Gasteiger partial charge is 0.495 e. The Morgan fingerprint density at radius 2 is 1.74 bits per heavy atom. The topological polar surface area (TPSA) is 73.2 Å². The first-order valence-electron chi connectivity index (χ1n) is 11.0. The molecule has 0 saturated heterocycles. The molecule has 3 aromatic carbocycles. The maximum atomic E-state index is 13.6. The van der Waals surface area contributed by atoms with Crippen molar-refractivity contribution in [2.45, 2.75) is 38.1 Å². The molecule has 4 aromatic rings. The van der Waals surface area contributed by atoms with Gasteiger partial charge in [0.2, 0.25) is 5.91 Å². The number of methoxy groups -OCH3 is 1. The molecule has 34 heavy (non-hydrogen) atoms. The van der Waals surface area contributed by atoms with Gasteiger partial charge in [-0.1, -0.05) is 48.2 Å². The van der Waals surface area contributed by atoms with Crippen molar-refractivity contribution in [2.24, 2.45) is 0 Å². The summed E-state index contributed by atoms with van der Waals surface area (Å²) in [5.74, 6) is 0.386. The number of rotatable bonds is 6. The van der Waals surface area contributed by atoms with E-state index in [-0.39, 0.29) is 11.5 Å². The number of fused-ring (bicyclic) bond motifs is 1. The van der Waals surface area contributed by atoms with Gasteiger partial charge in [0.15, 0.2) is 5.16 Å². The van der Waals surface area contributed by atoms with E-state index in [9.17, 15) is 9.59 Å². The summed E-state index contributed by atoms with van der Waals surface area (Å²) in [5.41, 5.74) is 4.78. The number of benzene rings is 3. The van der Waals surface area contributed by atoms with Gasteiger partial charge in [0.05, 0.1) is 34.6 Å². The molecule has 7 heteroatoms. The molecule has 1 aromatic heterocycles. The third kappa shape index (κ3) is 4.56. The molecule has 0 spiro atoms. The minimum atomic E-state index is -0.520. The van der Waals surface area contributed by atoms with E-state index in [2.05, 4.69) is 5.32 Å². The quantitative estimate of drug-likeness (QED) is 0.298. The molecule has 6 nitrogen and oxygen atoms in total. The van der Waals surface area contributed by atoms with Gasteiger partial charge in [-0.2, -0.15) is 0 Å². The molecule has 0 aliphatic carbocycles. The van der Waals surface area contributed by atoms with Gasteiger partial charge in [0, 0.05) is 0 Å². The average Bonchev–Trinajstić information content (AvgIpc) is 2.81. The number of anilines is 1. The smallest absolute Gasteiger partial charge is 0.266 e. The Morgan fingerprint density at radius 3 is 2.44 bits per heavy atom. The highest BCUT2D eigenvalue weighted by Crippen LogP contribution is 2.30. The third-order valence-corrected chi connectivity index (χ3v) is 6.72. The van der Waals surface area contributed by atoms with Gasteiger partial charge in [0.25, 0.3) is 5.56 Å². The monoisotopic (exact) mass is 473 g/mol. The summed E-state index contributed by atoms with van der Waals surface area (Å²) >= 11 is 1.26. The molecule has 0 aliphatic rings. The van der Waals surface area contributed by atoms with Gasteiger partial charge in [-0.3, -0.25) is 14.2 Å². The van der Waals surface area contributed by atoms with Crippen LogP contribution in [0.4, 0.5) is 5.69 Å². The van der Waals surface area contributed by atoms with Gasteiger partial charge < -0.3 is 10.1 Å². The number of carbonyl (C=O) groups is 1. The molecule has 0 radical (unpaired) electrons. The first-order valence-corrected chi connectivity index (χ1v) is 11.9. The van der Waals surface area contributed by atoms with Crippen LogP contribution in [-0.4, -0.2) is 27.8 Å². The van der Waals surface area contributed by atoms with E-state index in [0.29, 0.717) is 27.5 Å². The van der Waals surface area contributed by atoms with Crippen molar-refractivity contribution < 1.29 is 9.53 Å². The van der Waals surface area contributed by atoms with Crippen LogP contribution in [0, 0.1) is 20.8 Å². The van der Waals surface area contributed by atoms with Crippen molar-refractivity contribution >= 4 is 34.3 Å². The van der Waals surface area contributed by atoms with E-state index in [1.165, 1.54) is 11.8 Å². The summed E-state index contributed by atoms with van der Waals surface area (Å²) in [6.07, 6.45) is 0. The van der Waals surface area contributed by atoms with Crippen LogP contribution in [0.3, 0.4) is 0 Å². The van der Waals surface area contributed by atoms with Crippen LogP contribution >= 0.6 is 11.8 Å². The zero-order valence-corrected chi connectivity index (χ0v) is 20.7. The normalized spacial score (nSPS) is 11.9. The Morgan fingerprint density at radius 1 is 1.03 bits per heavy atom. The molecule has 1 heterocycles. The Bertz CT molecular complexity index is 1430. The van der Waals surface area contributed by atoms with Gasteiger partial charge in [-0.05, 0) is 68.7 Å². The fourth-order valence-electron chi connectivity index (χ4n) is 3.91. The highest BCUT2D eigenvalue weighted by Gasteiger charge is 2.22. The maximum Gasteiger partial charge on any atom is 0.266 e. The van der Waals surface area contributed by atoms with Crippen LogP contribution in [0.5, 0.6) is 5.75 Å². The molecule has 0 saturated carbocycles. The van der Waals surface area contributed by atoms with E-state index in [0.717, 1.165) is 22.4 Å². The van der Waals surface area contributed by atoms with Crippen LogP contribution in [0.2, 0.25) is 0 Å². The fraction of sp³-hybridized carbons (Fsp3) is 0.222. The number of nitrogens with one attached hydrogen (secondary N) is 1. The molecule has 1 atom stereocenters. The van der Waals surface area contributed by atoms with Gasteiger partial charge in [0.1, 0.15) is 5.75 Å². The zero-order chi connectivity index (χ0) is 24.4. The molecule has 1 unspecified atom stereocenters. The van der Waals surface area contributed by atoms with Crippen molar-refractivity contribution in [1.29, 1.82) is 0 Å². The van der Waals surface area contributed by atoms with Gasteiger partial charge in [-0.15, -0.1) is 0 Å². The average molecular weight is 474 g/mol. The summed E-state index contributed by atoms with van der Waals surface area (Å²) in [6.45, 7) is 7.70. The lowest BCUT2D eigenvalue weighted by Gasteiger charge is -2.19. The van der Waals surface area contributed by atoms with Crippen molar-refractivity contribution in [3.63, 3.8) is 0 Å². The summed E-state index contributed by atoms with van der Waals surface area (Å²) in [4.78, 5) is 31.5. The second-order valence-corrected chi connectivity index (χ2v) is 9.55. The SMILES string of the molecule is COc1ccc(C)cc1NC(=O)C(C)Sc1nc2ccccc2c(=O)n1-c1c(C)cccc1C. The summed E-state index contributed by atoms with van der Waals surface area (Å²) in [5, 5.41) is 3.45. The second-order valence-electron chi connectivity index (χ2n) is 8.25. The number of ether oxygens (including phenoxy) is 1. The van der Waals surface area contributed by atoms with Crippen LogP contribution in [0.25, 0.3) is 16.6 Å². The molecule has 1 N–H and O–H groups in total. The number of hydrogen-bond donors (Lipinski definition) is 1. The molecular formula is C27H27N3O3S. The predicted octanol–water partition coefficient (Wildman–Crippen LogP) is 5.44. The number of carbonyl (C=O) groups excluding carboxylic acids is 1. The van der Waals surface area contributed by atoms with E-state index in [1.807, 2.05) is 75.4 Å². The molecule has 0 bridgehead atoms. The van der Waals surface area contributed by atoms with Crippen molar-refractivity contribution in [1.82, 2.24) is 9.55 Å². The summed E-state index contributed by atoms with van der Waals surface area (Å²) < 4.78 is 7.02. The van der Waals surface area contributed by atoms with Crippen LogP contribution in [0.1, 0.15) is 23.6 Å². The lowest BCUT2D eigenvalue weighted by Crippen LogP contribution is -2.27. The Labute approximate surface area is 203 Å². The first kappa shape index (κ1) is 23.6. The number of para-hydroxylation sites is 2. The van der Waals surface area contributed by atoms with Crippen LogP contribution in [-0.2, 0) is 4.79 Å². The zero-order valence-electron chi connectivity index (χ0n) is 19.9. The number of amides is 1. The summed E-state index contributed by atoms with van der Waals surface area (Å²) in [6, 6.07) is 18.8. The Balaban J connectivity index is 1.76. The lowest BCUT2D eigenvalue weighted by atomic mass is 10.1. The van der Waals surface area contributed by atoms with Crippen molar-refractivity contribution in [2.75, 3.05) is 12.4 Å². The predicted molar refractivity (Wildman–Crippen MR) is 138 cm³/mol. The molecular weight excluding hydrogens is 446 g/mol.